The minimum absolute atomic E-state index is 0.0988. The van der Waals surface area contributed by atoms with Gasteiger partial charge >= 0.3 is 0 Å². The molecule has 1 fully saturated rings. The molecule has 0 radical (unpaired) electrons. The molecule has 2 aromatic rings. The predicted octanol–water partition coefficient (Wildman–Crippen LogP) is 2.00. The van der Waals surface area contributed by atoms with Gasteiger partial charge in [0.25, 0.3) is 0 Å². The van der Waals surface area contributed by atoms with Gasteiger partial charge in [-0.15, -0.1) is 0 Å². The summed E-state index contributed by atoms with van der Waals surface area (Å²) in [6.45, 7) is 1.53. The van der Waals surface area contributed by atoms with Crippen LogP contribution in [0.4, 0.5) is 11.4 Å². The topological polar surface area (TPSA) is 95.6 Å². The zero-order valence-electron chi connectivity index (χ0n) is 15.5. The molecule has 2 N–H and O–H groups in total. The van der Waals surface area contributed by atoms with E-state index in [9.17, 15) is 19.2 Å². The zero-order valence-corrected chi connectivity index (χ0v) is 15.5. The largest absolute Gasteiger partial charge is 0.347 e. The van der Waals surface area contributed by atoms with Crippen molar-refractivity contribution in [3.63, 3.8) is 0 Å². The number of anilines is 2. The van der Waals surface area contributed by atoms with Gasteiger partial charge < -0.3 is 15.5 Å². The molecule has 3 amide bonds. The molecule has 0 aromatic heterocycles. The molecule has 2 aromatic carbocycles. The number of rotatable bonds is 6. The van der Waals surface area contributed by atoms with Gasteiger partial charge in [-0.1, -0.05) is 30.3 Å². The molecule has 0 aliphatic carbocycles. The maximum Gasteiger partial charge on any atom is 0.243 e. The van der Waals surface area contributed by atoms with Gasteiger partial charge in [0.05, 0.1) is 12.5 Å². The molecule has 1 atom stereocenters. The Morgan fingerprint density at radius 2 is 1.82 bits per heavy atom. The summed E-state index contributed by atoms with van der Waals surface area (Å²) in [4.78, 5) is 49.6. The molecular formula is C21H21N3O4. The van der Waals surface area contributed by atoms with E-state index in [4.69, 9.17) is 0 Å². The quantitative estimate of drug-likeness (QED) is 0.751. The lowest BCUT2D eigenvalue weighted by Gasteiger charge is -2.16. The van der Waals surface area contributed by atoms with Crippen LogP contribution in [0.25, 0.3) is 0 Å². The smallest absolute Gasteiger partial charge is 0.243 e. The Bertz CT molecular complexity index is 911. The number of carbonyl (C=O) groups is 4. The summed E-state index contributed by atoms with van der Waals surface area (Å²) >= 11 is 0. The van der Waals surface area contributed by atoms with Crippen molar-refractivity contribution in [1.29, 1.82) is 0 Å². The van der Waals surface area contributed by atoms with Crippen molar-refractivity contribution >= 4 is 34.9 Å². The lowest BCUT2D eigenvalue weighted by Crippen LogP contribution is -2.37. The van der Waals surface area contributed by atoms with Crippen LogP contribution >= 0.6 is 0 Å². The van der Waals surface area contributed by atoms with Crippen molar-refractivity contribution in [3.05, 3.63) is 60.2 Å². The number of hydrogen-bond acceptors (Lipinski definition) is 4. The van der Waals surface area contributed by atoms with Crippen LogP contribution in [0.2, 0.25) is 0 Å². The minimum Gasteiger partial charge on any atom is -0.347 e. The van der Waals surface area contributed by atoms with Crippen LogP contribution in [0.5, 0.6) is 0 Å². The highest BCUT2D eigenvalue weighted by Crippen LogP contribution is 2.24. The highest BCUT2D eigenvalue weighted by Gasteiger charge is 2.35. The second kappa shape index (κ2) is 8.47. The number of amides is 3. The molecule has 1 unspecified atom stereocenters. The van der Waals surface area contributed by atoms with Crippen LogP contribution in [0.15, 0.2) is 54.6 Å². The van der Waals surface area contributed by atoms with Crippen molar-refractivity contribution in [1.82, 2.24) is 5.32 Å². The molecule has 3 rings (SSSR count). The Kier molecular flexibility index (Phi) is 5.84. The summed E-state index contributed by atoms with van der Waals surface area (Å²) in [5.41, 5.74) is 1.73. The second-order valence-corrected chi connectivity index (χ2v) is 6.64. The summed E-state index contributed by atoms with van der Waals surface area (Å²) in [6, 6.07) is 15.8. The van der Waals surface area contributed by atoms with Crippen LogP contribution in [0.3, 0.4) is 0 Å². The number of nitrogens with one attached hydrogen (secondary N) is 2. The predicted molar refractivity (Wildman–Crippen MR) is 105 cm³/mol. The first-order valence-corrected chi connectivity index (χ1v) is 8.98. The van der Waals surface area contributed by atoms with Crippen LogP contribution in [-0.4, -0.2) is 36.6 Å². The van der Waals surface area contributed by atoms with Gasteiger partial charge in [-0.05, 0) is 31.2 Å². The highest BCUT2D eigenvalue weighted by molar-refractivity contribution is 6.02. The molecule has 0 bridgehead atoms. The first-order valence-electron chi connectivity index (χ1n) is 8.98. The van der Waals surface area contributed by atoms with E-state index < -0.39 is 11.8 Å². The Labute approximate surface area is 162 Å². The fraction of sp³-hybridized carbons (Fsp3) is 0.238. The van der Waals surface area contributed by atoms with E-state index in [1.54, 1.807) is 29.2 Å². The standard InChI is InChI=1S/C21H21N3O4/c1-14(25)15-6-5-7-17(10-15)23-19(26)12-22-21(28)16-11-20(27)24(13-16)18-8-3-2-4-9-18/h2-10,16H,11-13H2,1H3,(H,22,28)(H,23,26). The van der Waals surface area contributed by atoms with E-state index in [1.165, 1.54) is 6.92 Å². The molecule has 1 aliphatic rings. The van der Waals surface area contributed by atoms with E-state index >= 15 is 0 Å². The molecular weight excluding hydrogens is 358 g/mol. The fourth-order valence-electron chi connectivity index (χ4n) is 3.07. The maximum atomic E-state index is 12.4. The van der Waals surface area contributed by atoms with Gasteiger partial charge in [0.15, 0.2) is 5.78 Å². The lowest BCUT2D eigenvalue weighted by atomic mass is 10.1. The third-order valence-electron chi connectivity index (χ3n) is 4.54. The summed E-state index contributed by atoms with van der Waals surface area (Å²) < 4.78 is 0. The third-order valence-corrected chi connectivity index (χ3v) is 4.54. The molecule has 0 spiro atoms. The van der Waals surface area contributed by atoms with Crippen molar-refractivity contribution in [2.24, 2.45) is 5.92 Å². The Hall–Kier alpha value is -3.48. The van der Waals surface area contributed by atoms with Gasteiger partial charge in [0.1, 0.15) is 0 Å². The molecule has 28 heavy (non-hydrogen) atoms. The van der Waals surface area contributed by atoms with Crippen LogP contribution in [0, 0.1) is 5.92 Å². The van der Waals surface area contributed by atoms with Crippen molar-refractivity contribution in [3.8, 4) is 0 Å². The Balaban J connectivity index is 1.51. The fourth-order valence-corrected chi connectivity index (χ4v) is 3.07. The summed E-state index contributed by atoms with van der Waals surface area (Å²) in [6.07, 6.45) is 0.114. The monoisotopic (exact) mass is 379 g/mol. The number of benzene rings is 2. The number of nitrogens with zero attached hydrogens (tertiary/aromatic N) is 1. The molecule has 144 valence electrons. The average Bonchev–Trinajstić information content (AvgIpc) is 3.09. The van der Waals surface area contributed by atoms with Crippen LogP contribution in [-0.2, 0) is 14.4 Å². The minimum atomic E-state index is -0.499. The first kappa shape index (κ1) is 19.3. The van der Waals surface area contributed by atoms with Gasteiger partial charge in [-0.25, -0.2) is 0 Å². The molecule has 1 aliphatic heterocycles. The maximum absolute atomic E-state index is 12.4. The zero-order chi connectivity index (χ0) is 20.1. The summed E-state index contributed by atoms with van der Waals surface area (Å²) in [5, 5.41) is 5.22. The molecule has 1 heterocycles. The number of carbonyl (C=O) groups excluding carboxylic acids is 4. The SMILES string of the molecule is CC(=O)c1cccc(NC(=O)CNC(=O)C2CC(=O)N(c3ccccc3)C2)c1. The third kappa shape index (κ3) is 4.62. The van der Waals surface area contributed by atoms with Gasteiger partial charge in [0, 0.05) is 29.9 Å². The van der Waals surface area contributed by atoms with Crippen molar-refractivity contribution < 1.29 is 19.2 Å². The summed E-state index contributed by atoms with van der Waals surface area (Å²) in [5.74, 6) is -1.45. The first-order chi connectivity index (χ1) is 13.4. The van der Waals surface area contributed by atoms with Gasteiger partial charge in [-0.3, -0.25) is 19.2 Å². The Morgan fingerprint density at radius 1 is 1.07 bits per heavy atom. The van der Waals surface area contributed by atoms with Crippen molar-refractivity contribution in [2.45, 2.75) is 13.3 Å². The van der Waals surface area contributed by atoms with E-state index in [0.717, 1.165) is 5.69 Å². The van der Waals surface area contributed by atoms with E-state index in [2.05, 4.69) is 10.6 Å². The van der Waals surface area contributed by atoms with E-state index in [-0.39, 0.29) is 37.1 Å². The molecule has 0 saturated carbocycles. The number of Topliss-reactive ketones (excluding diaryl/α,β-unsaturated/α-hetero) is 1. The number of para-hydroxylation sites is 1. The molecule has 7 heteroatoms. The van der Waals surface area contributed by atoms with Gasteiger partial charge in [0.2, 0.25) is 17.7 Å². The van der Waals surface area contributed by atoms with E-state index in [0.29, 0.717) is 11.3 Å². The Morgan fingerprint density at radius 3 is 2.54 bits per heavy atom. The van der Waals surface area contributed by atoms with E-state index in [1.807, 2.05) is 30.3 Å². The van der Waals surface area contributed by atoms with Crippen LogP contribution in [0.1, 0.15) is 23.7 Å². The molecule has 1 saturated heterocycles. The summed E-state index contributed by atoms with van der Waals surface area (Å²) in [7, 11) is 0. The highest BCUT2D eigenvalue weighted by atomic mass is 16.2. The number of ketones is 1. The average molecular weight is 379 g/mol. The number of hydrogen-bond donors (Lipinski definition) is 2. The van der Waals surface area contributed by atoms with Crippen molar-refractivity contribution in [2.75, 3.05) is 23.3 Å². The van der Waals surface area contributed by atoms with Gasteiger partial charge in [-0.2, -0.15) is 0 Å². The van der Waals surface area contributed by atoms with Crippen LogP contribution < -0.4 is 15.5 Å². The normalized spacial score (nSPS) is 16.0. The second-order valence-electron chi connectivity index (χ2n) is 6.64. The molecule has 7 nitrogen and oxygen atoms in total. The lowest BCUT2D eigenvalue weighted by molar-refractivity contribution is -0.127.